The molecule has 2 heteroatoms. The minimum absolute atomic E-state index is 0.511. The van der Waals surface area contributed by atoms with Gasteiger partial charge in [-0.1, -0.05) is 64.7 Å². The molecule has 1 aromatic rings. The van der Waals surface area contributed by atoms with Crippen LogP contribution in [0.25, 0.3) is 0 Å². The predicted octanol–water partition coefficient (Wildman–Crippen LogP) is 7.28. The van der Waals surface area contributed by atoms with Crippen molar-refractivity contribution in [3.63, 3.8) is 0 Å². The number of phenolic OH excluding ortho intramolecular Hbond substituents is 1. The lowest BCUT2D eigenvalue weighted by atomic mass is 9.84. The van der Waals surface area contributed by atoms with E-state index in [4.69, 9.17) is 0 Å². The Morgan fingerprint density at radius 1 is 0.957 bits per heavy atom. The van der Waals surface area contributed by atoms with E-state index in [0.29, 0.717) is 11.7 Å². The maximum Gasteiger partial charge on any atom is 0.119 e. The van der Waals surface area contributed by atoms with Gasteiger partial charge in [0.05, 0.1) is 0 Å². The zero-order chi connectivity index (χ0) is 16.3. The average molecular weight is 335 g/mol. The van der Waals surface area contributed by atoms with E-state index >= 15 is 0 Å². The van der Waals surface area contributed by atoms with Gasteiger partial charge in [-0.15, -0.1) is 11.8 Å². The molecule has 23 heavy (non-hydrogen) atoms. The molecule has 0 amide bonds. The molecule has 0 bridgehead atoms. The summed E-state index contributed by atoms with van der Waals surface area (Å²) in [6.07, 6.45) is 16.1. The molecule has 1 aliphatic rings. The molecule has 0 aliphatic heterocycles. The molecule has 1 N–H and O–H groups in total. The summed E-state index contributed by atoms with van der Waals surface area (Å²) < 4.78 is 0. The Balaban J connectivity index is 1.71. The summed E-state index contributed by atoms with van der Waals surface area (Å²) in [5.41, 5.74) is 1.20. The molecule has 2 rings (SSSR count). The summed E-state index contributed by atoms with van der Waals surface area (Å²) in [4.78, 5) is 1.34. The number of phenols is 1. The molecule has 1 saturated carbocycles. The molecule has 0 atom stereocenters. The second-order valence-corrected chi connectivity index (χ2v) is 8.19. The van der Waals surface area contributed by atoms with Gasteiger partial charge in [-0.2, -0.15) is 0 Å². The van der Waals surface area contributed by atoms with E-state index in [2.05, 4.69) is 19.1 Å². The van der Waals surface area contributed by atoms with Gasteiger partial charge in [-0.05, 0) is 54.7 Å². The number of benzene rings is 1. The molecular formula is C21H34OS. The fourth-order valence-corrected chi connectivity index (χ4v) is 4.57. The predicted molar refractivity (Wildman–Crippen MR) is 103 cm³/mol. The van der Waals surface area contributed by atoms with Crippen molar-refractivity contribution in [1.82, 2.24) is 0 Å². The molecule has 1 aromatic carbocycles. The van der Waals surface area contributed by atoms with Crippen LogP contribution < -0.4 is 0 Å². The first-order valence-electron chi connectivity index (χ1n) is 9.77. The summed E-state index contributed by atoms with van der Waals surface area (Å²) in [6.45, 7) is 2.27. The van der Waals surface area contributed by atoms with Crippen LogP contribution in [-0.4, -0.2) is 10.9 Å². The quantitative estimate of drug-likeness (QED) is 0.358. The topological polar surface area (TPSA) is 20.2 Å². The summed E-state index contributed by atoms with van der Waals surface area (Å²) in [5, 5.41) is 10.2. The lowest BCUT2D eigenvalue weighted by molar-refractivity contribution is 0.413. The Labute approximate surface area is 147 Å². The van der Waals surface area contributed by atoms with Gasteiger partial charge in [0.1, 0.15) is 5.75 Å². The summed E-state index contributed by atoms with van der Waals surface area (Å²) in [7, 11) is 0. The van der Waals surface area contributed by atoms with Crippen LogP contribution in [0, 0.1) is 0 Å². The lowest BCUT2D eigenvalue weighted by Gasteiger charge is -2.23. The van der Waals surface area contributed by atoms with Gasteiger partial charge in [0.15, 0.2) is 0 Å². The number of hydrogen-bond donors (Lipinski definition) is 1. The SMILES string of the molecule is CCCCCCCCCSc1ccc(O)c(C2CCCCC2)c1. The molecule has 1 nitrogen and oxygen atoms in total. The number of unbranched alkanes of at least 4 members (excludes halogenated alkanes) is 6. The van der Waals surface area contributed by atoms with Crippen molar-refractivity contribution in [3.8, 4) is 5.75 Å². The van der Waals surface area contributed by atoms with E-state index in [-0.39, 0.29) is 0 Å². The third-order valence-electron chi connectivity index (χ3n) is 5.06. The van der Waals surface area contributed by atoms with Crippen molar-refractivity contribution in [2.75, 3.05) is 5.75 Å². The highest BCUT2D eigenvalue weighted by Crippen LogP contribution is 2.38. The second kappa shape index (κ2) is 11.0. The van der Waals surface area contributed by atoms with E-state index in [0.717, 1.165) is 0 Å². The Hall–Kier alpha value is -0.630. The van der Waals surface area contributed by atoms with E-state index in [9.17, 15) is 5.11 Å². The molecule has 0 saturated heterocycles. The van der Waals surface area contributed by atoms with Crippen molar-refractivity contribution in [1.29, 1.82) is 0 Å². The molecular weight excluding hydrogens is 300 g/mol. The molecule has 0 spiro atoms. The molecule has 130 valence electrons. The zero-order valence-electron chi connectivity index (χ0n) is 14.9. The smallest absolute Gasteiger partial charge is 0.119 e. The molecule has 0 aromatic heterocycles. The van der Waals surface area contributed by atoms with Crippen molar-refractivity contribution < 1.29 is 5.11 Å². The Morgan fingerprint density at radius 2 is 1.65 bits per heavy atom. The number of rotatable bonds is 10. The van der Waals surface area contributed by atoms with Crippen LogP contribution in [-0.2, 0) is 0 Å². The van der Waals surface area contributed by atoms with Crippen LogP contribution in [0.15, 0.2) is 23.1 Å². The summed E-state index contributed by atoms with van der Waals surface area (Å²) in [5.74, 6) is 2.31. The minimum Gasteiger partial charge on any atom is -0.508 e. The number of thioether (sulfide) groups is 1. The third kappa shape index (κ3) is 6.79. The maximum atomic E-state index is 10.2. The fourth-order valence-electron chi connectivity index (χ4n) is 3.61. The van der Waals surface area contributed by atoms with Crippen LogP contribution in [0.5, 0.6) is 5.75 Å². The molecule has 0 unspecified atom stereocenters. The lowest BCUT2D eigenvalue weighted by Crippen LogP contribution is -2.04. The molecule has 0 radical (unpaired) electrons. The van der Waals surface area contributed by atoms with Crippen LogP contribution >= 0.6 is 11.8 Å². The van der Waals surface area contributed by atoms with E-state index in [1.54, 1.807) is 0 Å². The van der Waals surface area contributed by atoms with Crippen LogP contribution in [0.2, 0.25) is 0 Å². The van der Waals surface area contributed by atoms with Crippen molar-refractivity contribution in [2.24, 2.45) is 0 Å². The first-order valence-corrected chi connectivity index (χ1v) is 10.8. The first kappa shape index (κ1) is 18.7. The van der Waals surface area contributed by atoms with Gasteiger partial charge in [-0.3, -0.25) is 0 Å². The highest BCUT2D eigenvalue weighted by atomic mass is 32.2. The Kier molecular flexibility index (Phi) is 8.96. The Morgan fingerprint density at radius 3 is 2.39 bits per heavy atom. The summed E-state index contributed by atoms with van der Waals surface area (Å²) >= 11 is 1.96. The van der Waals surface area contributed by atoms with Crippen LogP contribution in [0.4, 0.5) is 0 Å². The summed E-state index contributed by atoms with van der Waals surface area (Å²) in [6, 6.07) is 6.27. The van der Waals surface area contributed by atoms with Crippen LogP contribution in [0.3, 0.4) is 0 Å². The largest absolute Gasteiger partial charge is 0.508 e. The highest BCUT2D eigenvalue weighted by Gasteiger charge is 2.18. The first-order chi connectivity index (χ1) is 11.3. The number of aromatic hydroxyl groups is 1. The van der Waals surface area contributed by atoms with E-state index in [1.807, 2.05) is 17.8 Å². The minimum atomic E-state index is 0.511. The Bertz CT molecular complexity index is 437. The van der Waals surface area contributed by atoms with Crippen LogP contribution in [0.1, 0.15) is 95.5 Å². The van der Waals surface area contributed by atoms with E-state index in [1.165, 1.54) is 93.3 Å². The van der Waals surface area contributed by atoms with Gasteiger partial charge in [-0.25, -0.2) is 0 Å². The molecule has 1 aliphatic carbocycles. The molecule has 0 heterocycles. The van der Waals surface area contributed by atoms with Gasteiger partial charge in [0, 0.05) is 4.90 Å². The zero-order valence-corrected chi connectivity index (χ0v) is 15.7. The second-order valence-electron chi connectivity index (χ2n) is 7.03. The fraction of sp³-hybridized carbons (Fsp3) is 0.714. The maximum absolute atomic E-state index is 10.2. The van der Waals surface area contributed by atoms with Crippen molar-refractivity contribution >= 4 is 11.8 Å². The van der Waals surface area contributed by atoms with Crippen molar-refractivity contribution in [2.45, 2.75) is 94.8 Å². The normalized spacial score (nSPS) is 15.9. The van der Waals surface area contributed by atoms with E-state index < -0.39 is 0 Å². The van der Waals surface area contributed by atoms with Gasteiger partial charge < -0.3 is 5.11 Å². The molecule has 1 fully saturated rings. The third-order valence-corrected chi connectivity index (χ3v) is 6.14. The highest BCUT2D eigenvalue weighted by molar-refractivity contribution is 7.99. The van der Waals surface area contributed by atoms with Gasteiger partial charge in [0.25, 0.3) is 0 Å². The average Bonchev–Trinajstić information content (AvgIpc) is 2.59. The van der Waals surface area contributed by atoms with Gasteiger partial charge >= 0.3 is 0 Å². The van der Waals surface area contributed by atoms with Gasteiger partial charge in [0.2, 0.25) is 0 Å². The van der Waals surface area contributed by atoms with Crippen molar-refractivity contribution in [3.05, 3.63) is 23.8 Å². The standard InChI is InChI=1S/C21H34OS/c1-2-3-4-5-6-7-11-16-23-19-14-15-21(22)20(17-19)18-12-9-8-10-13-18/h14-15,17-18,22H,2-13,16H2,1H3. The number of hydrogen-bond acceptors (Lipinski definition) is 2. The monoisotopic (exact) mass is 334 g/mol.